The smallest absolute Gasteiger partial charge is 0.507 e. The van der Waals surface area contributed by atoms with E-state index in [2.05, 4.69) is 62.8 Å². The van der Waals surface area contributed by atoms with Gasteiger partial charge >= 0.3 is 31.8 Å². The molecule has 16 aromatic rings. The first-order valence-corrected chi connectivity index (χ1v) is 38.8. The van der Waals surface area contributed by atoms with Gasteiger partial charge in [0.2, 0.25) is 15.1 Å². The van der Waals surface area contributed by atoms with Crippen LogP contribution in [0.25, 0.3) is 79.8 Å². The number of hydrazine groups is 2. The summed E-state index contributed by atoms with van der Waals surface area (Å²) in [4.78, 5) is 77.1. The first-order chi connectivity index (χ1) is 59.2. The molecule has 640 valence electrons. The number of rotatable bonds is 12. The molecule has 13 aromatic carbocycles. The molecule has 0 unspecified atom stereocenters. The summed E-state index contributed by atoms with van der Waals surface area (Å²) >= 11 is 5.16. The topological polar surface area (TPSA) is 443 Å². The number of amides is 3. The monoisotopic (exact) mass is 1890 g/mol. The molecule has 0 spiro atoms. The summed E-state index contributed by atoms with van der Waals surface area (Å²) in [5.41, 5.74) is 20.4. The van der Waals surface area contributed by atoms with E-state index < -0.39 is 32.2 Å². The molecule has 34 heteroatoms. The second kappa shape index (κ2) is 59.8. The van der Waals surface area contributed by atoms with E-state index in [4.69, 9.17) is 56.1 Å². The van der Waals surface area contributed by atoms with Crippen LogP contribution in [0.15, 0.2) is 368 Å². The number of aromatic hydroxyl groups is 5. The molecule has 0 saturated heterocycles. The van der Waals surface area contributed by atoms with Crippen LogP contribution in [0.1, 0.15) is 48.9 Å². The Balaban J connectivity index is 0.000000503. The van der Waals surface area contributed by atoms with Crippen LogP contribution in [0.3, 0.4) is 0 Å². The van der Waals surface area contributed by atoms with Crippen LogP contribution in [0.5, 0.6) is 28.7 Å². The first-order valence-electron chi connectivity index (χ1n) is 35.6. The average Bonchev–Trinajstić information content (AvgIpc) is 1.68. The minimum absolute atomic E-state index is 0. The minimum Gasteiger partial charge on any atom is -0.507 e. The standard InChI is InChI=1S/2C20H15N3O.C14H12N2O3.C14H10N2O2.C7H5ClO.C7H8N2O2.C6H7N.2CO2.CH4.2CH3.Cl2OS.2Zn/c2*24-18-14-8-7-13-17(18)20-22-21-19(15-9-3-1-4-10-15)23(20)16-11-5-2-6-12-16;17-12-9-5-4-8-11(12)14(19)16-15-13(18)10-6-2-1-3-7-10;17-12-9-5-4-8-11(12)14-16-15-13(18-14)10-6-2-1-3-7-10;8-7(9)6-4-2-1-3-5-6;8-9-7(11)5-3-1-2-4-6(5)10;7-6-4-2-1-3-5-6;2*2-1-3;;;;1-4(2)3;;/h2*1-14,24H;1-9,17H,(H,15,18)(H,16,19);1-9,17H;1-5H;1-4,10H,8H2,(H,9,11);1-5H,7H2;;;1H4;2*1H3;;;/q;;;;;;;;;;2*-1;;;+2. The maximum Gasteiger partial charge on any atom is 2.00 e. The number of aromatic nitrogens is 8. The summed E-state index contributed by atoms with van der Waals surface area (Å²) in [6, 6.07) is 109. The van der Waals surface area contributed by atoms with Gasteiger partial charge in [-0.25, -0.2) is 10.1 Å². The molecule has 0 radical (unpaired) electrons. The molecule has 0 bridgehead atoms. The number of carbonyl (C=O) groups excluding carboxylic acids is 8. The van der Waals surface area contributed by atoms with Gasteiger partial charge < -0.3 is 50.5 Å². The number of phenolic OH excluding ortho intramolecular Hbond substituents is 5. The normalized spacial score (nSPS) is 9.27. The Morgan fingerprint density at radius 3 is 0.945 bits per heavy atom. The molecule has 0 aliphatic rings. The van der Waals surface area contributed by atoms with Crippen LogP contribution in [0.4, 0.5) is 5.69 Å². The summed E-state index contributed by atoms with van der Waals surface area (Å²) in [7, 11) is 7.36. The second-order valence-electron chi connectivity index (χ2n) is 23.8. The number of hydrogen-bond acceptors (Lipinski definition) is 23. The number of nitrogens with zero attached hydrogens (tertiary/aromatic N) is 8. The van der Waals surface area contributed by atoms with Gasteiger partial charge in [-0.05, 0) is 133 Å². The molecule has 127 heavy (non-hydrogen) atoms. The van der Waals surface area contributed by atoms with E-state index in [-0.39, 0.29) is 113 Å². The van der Waals surface area contributed by atoms with Crippen LogP contribution in [0, 0.1) is 14.9 Å². The number of carbonyl (C=O) groups is 4. The maximum atomic E-state index is 11.7. The molecule has 3 aromatic heterocycles. The number of anilines is 1. The van der Waals surface area contributed by atoms with Gasteiger partial charge in [-0.15, -0.1) is 30.6 Å². The molecule has 0 aliphatic heterocycles. The molecular weight excluding hydrogens is 1810 g/mol. The fraction of sp³-hybridized carbons (Fsp3) is 0.0108. The van der Waals surface area contributed by atoms with Crippen LogP contribution in [-0.4, -0.2) is 105 Å². The van der Waals surface area contributed by atoms with Crippen LogP contribution < -0.4 is 27.9 Å². The molecule has 16 rings (SSSR count). The van der Waals surface area contributed by atoms with E-state index in [1.54, 1.807) is 127 Å². The zero-order valence-electron chi connectivity index (χ0n) is 67.1. The Bertz CT molecular complexity index is 5850. The molecule has 0 saturated carbocycles. The van der Waals surface area contributed by atoms with E-state index >= 15 is 0 Å². The predicted molar refractivity (Wildman–Crippen MR) is 481 cm³/mol. The van der Waals surface area contributed by atoms with Crippen molar-refractivity contribution in [1.29, 1.82) is 0 Å². The Morgan fingerprint density at radius 1 is 0.354 bits per heavy atom. The zero-order valence-corrected chi connectivity index (χ0v) is 76.2. The zero-order chi connectivity index (χ0) is 87.8. The van der Waals surface area contributed by atoms with Gasteiger partial charge in [0.05, 0.1) is 27.8 Å². The van der Waals surface area contributed by atoms with Crippen LogP contribution in [-0.2, 0) is 67.4 Å². The molecule has 0 aliphatic carbocycles. The third-order valence-corrected chi connectivity index (χ3v) is 16.1. The SMILES string of the molecule is C.NNC(=O)c1ccccc1O.Nc1ccccc1.O=C(Cl)c1ccccc1.O=C(NNC(=O)c1ccccc1O)c1ccccc1.O=C=O.O=C=O.O=S(Cl)Cl.Oc1ccccc1-c1nnc(-c2ccccc2)n1-c1ccccc1.Oc1ccccc1-c1nnc(-c2ccccc2)n1-c1ccccc1.Oc1ccccc1-c1nnc(-c2ccccc2)o1.[CH3-].[CH3-].[Zn+2].[Zn]. The first kappa shape index (κ1) is 108. The van der Waals surface area contributed by atoms with Gasteiger partial charge in [0, 0.05) is 85.7 Å². The summed E-state index contributed by atoms with van der Waals surface area (Å²) in [5.74, 6) is 7.07. The number of hydrogen-bond donors (Lipinski definition) is 10. The van der Waals surface area contributed by atoms with Gasteiger partial charge in [-0.2, -0.15) is 19.2 Å². The van der Waals surface area contributed by atoms with Gasteiger partial charge in [-0.1, -0.05) is 250 Å². The van der Waals surface area contributed by atoms with Gasteiger partial charge in [-0.3, -0.25) is 44.6 Å². The number of para-hydroxylation sites is 8. The van der Waals surface area contributed by atoms with E-state index in [0.29, 0.717) is 51.2 Å². The fourth-order valence-electron chi connectivity index (χ4n) is 10.4. The summed E-state index contributed by atoms with van der Waals surface area (Å²) in [6.45, 7) is 0. The van der Waals surface area contributed by atoms with E-state index in [0.717, 1.165) is 45.4 Å². The summed E-state index contributed by atoms with van der Waals surface area (Å²) < 4.78 is 18.6. The molecule has 3 heterocycles. The van der Waals surface area contributed by atoms with Crippen molar-refractivity contribution in [2.45, 2.75) is 7.43 Å². The number of nitrogens with two attached hydrogens (primary N) is 2. The van der Waals surface area contributed by atoms with Crippen LogP contribution >= 0.6 is 33.0 Å². The largest absolute Gasteiger partial charge is 2.00 e. The Labute approximate surface area is 773 Å². The molecule has 0 fully saturated rings. The number of nitrogen functional groups attached to an aromatic ring is 2. The number of nitrogens with one attached hydrogen (secondary N) is 3. The van der Waals surface area contributed by atoms with Gasteiger partial charge in [0.15, 0.2) is 23.3 Å². The predicted octanol–water partition coefficient (Wildman–Crippen LogP) is 17.9. The number of phenols is 5. The van der Waals surface area contributed by atoms with Gasteiger partial charge in [0.25, 0.3) is 28.9 Å². The van der Waals surface area contributed by atoms with Gasteiger partial charge in [0.1, 0.15) is 28.7 Å². The molecular formula is C93H82Cl3N13O15SZn2. The van der Waals surface area contributed by atoms with E-state index in [1.165, 1.54) is 24.3 Å². The van der Waals surface area contributed by atoms with Crippen molar-refractivity contribution in [2.24, 2.45) is 5.84 Å². The van der Waals surface area contributed by atoms with Crippen molar-refractivity contribution in [3.05, 3.63) is 401 Å². The second-order valence-corrected chi connectivity index (χ2v) is 26.6. The summed E-state index contributed by atoms with van der Waals surface area (Å²) in [5, 5.41) is 73.8. The van der Waals surface area contributed by atoms with E-state index in [9.17, 15) is 39.6 Å². The molecule has 0 atom stereocenters. The van der Waals surface area contributed by atoms with Crippen molar-refractivity contribution < 1.29 is 111 Å². The van der Waals surface area contributed by atoms with Crippen molar-refractivity contribution in [2.75, 3.05) is 5.73 Å². The van der Waals surface area contributed by atoms with Crippen LogP contribution in [0.2, 0.25) is 0 Å². The number of benzene rings is 13. The third kappa shape index (κ3) is 35.1. The fourth-order valence-corrected chi connectivity index (χ4v) is 10.5. The van der Waals surface area contributed by atoms with E-state index in [1.807, 2.05) is 227 Å². The van der Waals surface area contributed by atoms with Crippen molar-refractivity contribution in [3.63, 3.8) is 0 Å². The molecule has 3 amide bonds. The maximum absolute atomic E-state index is 11.7. The minimum atomic E-state index is -1.67. The average molecular weight is 1890 g/mol. The van der Waals surface area contributed by atoms with Crippen molar-refractivity contribution in [1.82, 2.24) is 56.0 Å². The molecule has 28 nitrogen and oxygen atoms in total. The van der Waals surface area contributed by atoms with Crippen molar-refractivity contribution >= 4 is 83.1 Å². The molecule has 12 N–H and O–H groups in total. The van der Waals surface area contributed by atoms with Crippen molar-refractivity contribution in [3.8, 4) is 109 Å². The Morgan fingerprint density at radius 2 is 0.622 bits per heavy atom. The Kier molecular flexibility index (Phi) is 51.0. The Hall–Kier alpha value is -14.9. The quantitative estimate of drug-likeness (QED) is 0.0103. The summed E-state index contributed by atoms with van der Waals surface area (Å²) in [6.07, 6.45) is 0.500. The third-order valence-electron chi connectivity index (χ3n) is 15.8. The number of halogens is 3.